The second kappa shape index (κ2) is 5.50. The van der Waals surface area contributed by atoms with Crippen molar-refractivity contribution in [3.8, 4) is 0 Å². The predicted octanol–water partition coefficient (Wildman–Crippen LogP) is 1.84. The van der Waals surface area contributed by atoms with Crippen molar-refractivity contribution in [1.29, 1.82) is 0 Å². The molecule has 0 saturated heterocycles. The lowest BCUT2D eigenvalue weighted by atomic mass is 9.86. The summed E-state index contributed by atoms with van der Waals surface area (Å²) in [6.07, 6.45) is 6.85. The summed E-state index contributed by atoms with van der Waals surface area (Å²) in [5.41, 5.74) is -0.480. The average Bonchev–Trinajstić information content (AvgIpc) is 2.18. The van der Waals surface area contributed by atoms with Gasteiger partial charge in [-0.2, -0.15) is 0 Å². The van der Waals surface area contributed by atoms with Gasteiger partial charge in [-0.05, 0) is 32.6 Å². The van der Waals surface area contributed by atoms with Crippen LogP contribution in [0.25, 0.3) is 0 Å². The number of aliphatic hydroxyl groups is 1. The van der Waals surface area contributed by atoms with Crippen LogP contribution in [-0.2, 0) is 4.79 Å². The minimum absolute atomic E-state index is 0.0105. The van der Waals surface area contributed by atoms with Gasteiger partial charge in [-0.1, -0.05) is 19.3 Å². The molecule has 2 N–H and O–H groups in total. The van der Waals surface area contributed by atoms with E-state index < -0.39 is 5.54 Å². The third kappa shape index (κ3) is 4.65. The van der Waals surface area contributed by atoms with Gasteiger partial charge in [-0.25, -0.2) is 0 Å². The van der Waals surface area contributed by atoms with Crippen molar-refractivity contribution >= 4 is 5.91 Å². The third-order valence-electron chi connectivity index (χ3n) is 3.07. The van der Waals surface area contributed by atoms with Gasteiger partial charge in [-0.15, -0.1) is 0 Å². The lowest BCUT2D eigenvalue weighted by Crippen LogP contribution is -2.46. The first-order valence-electron chi connectivity index (χ1n) is 5.95. The zero-order valence-corrected chi connectivity index (χ0v) is 9.88. The van der Waals surface area contributed by atoms with E-state index in [2.05, 4.69) is 5.32 Å². The van der Waals surface area contributed by atoms with Crippen LogP contribution < -0.4 is 5.32 Å². The van der Waals surface area contributed by atoms with E-state index in [4.69, 9.17) is 5.11 Å². The van der Waals surface area contributed by atoms with Crippen LogP contribution in [0.1, 0.15) is 52.4 Å². The fraction of sp³-hybridized carbons (Fsp3) is 0.917. The summed E-state index contributed by atoms with van der Waals surface area (Å²) in [4.78, 5) is 11.7. The second-order valence-corrected chi connectivity index (χ2v) is 5.30. The Morgan fingerprint density at radius 1 is 1.33 bits per heavy atom. The number of hydrogen-bond donors (Lipinski definition) is 2. The largest absolute Gasteiger partial charge is 0.394 e. The lowest BCUT2D eigenvalue weighted by molar-refractivity contribution is -0.124. The molecule has 1 rings (SSSR count). The standard InChI is InChI=1S/C12H23NO2/c1-12(2,9-14)13-11(15)8-10-6-4-3-5-7-10/h10,14H,3-9H2,1-2H3,(H,13,15). The topological polar surface area (TPSA) is 49.3 Å². The maximum absolute atomic E-state index is 11.7. The fourth-order valence-electron chi connectivity index (χ4n) is 2.12. The number of hydrogen-bond acceptors (Lipinski definition) is 2. The first-order valence-corrected chi connectivity index (χ1v) is 5.95. The van der Waals surface area contributed by atoms with Crippen molar-refractivity contribution in [3.63, 3.8) is 0 Å². The van der Waals surface area contributed by atoms with E-state index in [1.165, 1.54) is 32.1 Å². The minimum atomic E-state index is -0.480. The van der Waals surface area contributed by atoms with Crippen LogP contribution in [0.15, 0.2) is 0 Å². The molecule has 3 heteroatoms. The van der Waals surface area contributed by atoms with Gasteiger partial charge in [0.1, 0.15) is 0 Å². The quantitative estimate of drug-likeness (QED) is 0.748. The van der Waals surface area contributed by atoms with Crippen molar-refractivity contribution in [2.24, 2.45) is 5.92 Å². The van der Waals surface area contributed by atoms with Gasteiger partial charge in [-0.3, -0.25) is 4.79 Å². The molecule has 1 amide bonds. The molecule has 15 heavy (non-hydrogen) atoms. The van der Waals surface area contributed by atoms with Crippen molar-refractivity contribution in [2.75, 3.05) is 6.61 Å². The summed E-state index contributed by atoms with van der Waals surface area (Å²) < 4.78 is 0. The highest BCUT2D eigenvalue weighted by atomic mass is 16.3. The van der Waals surface area contributed by atoms with E-state index in [1.54, 1.807) is 0 Å². The first kappa shape index (κ1) is 12.5. The Morgan fingerprint density at radius 3 is 2.47 bits per heavy atom. The van der Waals surface area contributed by atoms with Crippen molar-refractivity contribution < 1.29 is 9.90 Å². The predicted molar refractivity (Wildman–Crippen MR) is 60.5 cm³/mol. The molecule has 1 aliphatic rings. The molecule has 3 nitrogen and oxygen atoms in total. The summed E-state index contributed by atoms with van der Waals surface area (Å²) in [5.74, 6) is 0.647. The normalized spacial score (nSPS) is 18.9. The summed E-state index contributed by atoms with van der Waals surface area (Å²) in [6, 6.07) is 0. The number of aliphatic hydroxyl groups excluding tert-OH is 1. The van der Waals surface area contributed by atoms with E-state index in [9.17, 15) is 4.79 Å². The van der Waals surface area contributed by atoms with Crippen molar-refractivity contribution in [2.45, 2.75) is 57.9 Å². The van der Waals surface area contributed by atoms with Crippen LogP contribution in [0.5, 0.6) is 0 Å². The Hall–Kier alpha value is -0.570. The smallest absolute Gasteiger partial charge is 0.220 e. The SMILES string of the molecule is CC(C)(CO)NC(=O)CC1CCCCC1. The van der Waals surface area contributed by atoms with E-state index in [0.29, 0.717) is 12.3 Å². The summed E-state index contributed by atoms with van der Waals surface area (Å²) >= 11 is 0. The monoisotopic (exact) mass is 213 g/mol. The van der Waals surface area contributed by atoms with Gasteiger partial charge < -0.3 is 10.4 Å². The maximum Gasteiger partial charge on any atom is 0.220 e. The highest BCUT2D eigenvalue weighted by Gasteiger charge is 2.22. The summed E-state index contributed by atoms with van der Waals surface area (Å²) in [5, 5.41) is 11.9. The van der Waals surface area contributed by atoms with Gasteiger partial charge in [0.15, 0.2) is 0 Å². The van der Waals surface area contributed by atoms with E-state index in [0.717, 1.165) is 0 Å². The lowest BCUT2D eigenvalue weighted by Gasteiger charge is -2.26. The minimum Gasteiger partial charge on any atom is -0.394 e. The molecule has 0 aromatic carbocycles. The Labute approximate surface area is 92.3 Å². The molecule has 0 aromatic heterocycles. The average molecular weight is 213 g/mol. The van der Waals surface area contributed by atoms with Gasteiger partial charge in [0.25, 0.3) is 0 Å². The molecule has 0 atom stereocenters. The Morgan fingerprint density at radius 2 is 1.93 bits per heavy atom. The molecule has 88 valence electrons. The fourth-order valence-corrected chi connectivity index (χ4v) is 2.12. The Balaban J connectivity index is 2.28. The zero-order valence-electron chi connectivity index (χ0n) is 9.88. The third-order valence-corrected chi connectivity index (χ3v) is 3.07. The van der Waals surface area contributed by atoms with Crippen LogP contribution in [0, 0.1) is 5.92 Å². The van der Waals surface area contributed by atoms with Crippen LogP contribution in [0.4, 0.5) is 0 Å². The van der Waals surface area contributed by atoms with Gasteiger partial charge in [0.05, 0.1) is 12.1 Å². The molecule has 0 aromatic rings. The van der Waals surface area contributed by atoms with Crippen molar-refractivity contribution in [3.05, 3.63) is 0 Å². The molecule has 0 aliphatic heterocycles. The number of carbonyl (C=O) groups is 1. The van der Waals surface area contributed by atoms with Crippen LogP contribution >= 0.6 is 0 Å². The van der Waals surface area contributed by atoms with Gasteiger partial charge >= 0.3 is 0 Å². The molecule has 1 saturated carbocycles. The highest BCUT2D eigenvalue weighted by Crippen LogP contribution is 2.26. The Kier molecular flexibility index (Phi) is 4.58. The van der Waals surface area contributed by atoms with Gasteiger partial charge in [0, 0.05) is 6.42 Å². The van der Waals surface area contributed by atoms with Crippen LogP contribution in [0.3, 0.4) is 0 Å². The van der Waals surface area contributed by atoms with Crippen molar-refractivity contribution in [1.82, 2.24) is 5.32 Å². The number of amides is 1. The second-order valence-electron chi connectivity index (χ2n) is 5.30. The molecule has 1 aliphatic carbocycles. The van der Waals surface area contributed by atoms with E-state index in [1.807, 2.05) is 13.8 Å². The summed E-state index contributed by atoms with van der Waals surface area (Å²) in [7, 11) is 0. The number of nitrogens with one attached hydrogen (secondary N) is 1. The molecular formula is C12H23NO2. The molecule has 0 spiro atoms. The Bertz CT molecular complexity index is 208. The molecular weight excluding hydrogens is 190 g/mol. The molecule has 0 unspecified atom stereocenters. The van der Waals surface area contributed by atoms with E-state index in [-0.39, 0.29) is 12.5 Å². The van der Waals surface area contributed by atoms with Crippen LogP contribution in [-0.4, -0.2) is 23.2 Å². The highest BCUT2D eigenvalue weighted by molar-refractivity contribution is 5.76. The first-order chi connectivity index (χ1) is 7.03. The molecule has 0 radical (unpaired) electrons. The molecule has 0 heterocycles. The van der Waals surface area contributed by atoms with Crippen LogP contribution in [0.2, 0.25) is 0 Å². The maximum atomic E-state index is 11.7. The van der Waals surface area contributed by atoms with Gasteiger partial charge in [0.2, 0.25) is 5.91 Å². The molecule has 0 bridgehead atoms. The molecule has 1 fully saturated rings. The summed E-state index contributed by atoms with van der Waals surface area (Å²) in [6.45, 7) is 3.67. The number of carbonyl (C=O) groups excluding carboxylic acids is 1. The number of rotatable bonds is 4. The zero-order chi connectivity index (χ0) is 11.3. The van der Waals surface area contributed by atoms with E-state index >= 15 is 0 Å².